The van der Waals surface area contributed by atoms with Crippen LogP contribution in [0.3, 0.4) is 0 Å². The van der Waals surface area contributed by atoms with Crippen molar-refractivity contribution in [1.29, 1.82) is 0 Å². The molecule has 0 unspecified atom stereocenters. The van der Waals surface area contributed by atoms with Crippen LogP contribution in [0.4, 0.5) is 0 Å². The smallest absolute Gasteiger partial charge is 0.610 e. The SMILES string of the molecule is O=C1O[B-]2(OC(=O)c3ccccc3O2)Oc2ccccc21. The third-order valence-corrected chi connectivity index (χ3v) is 3.26. The zero-order chi connectivity index (χ0) is 14.4. The number of fused-ring (bicyclic) bond motifs is 2. The van der Waals surface area contributed by atoms with Gasteiger partial charge >= 0.3 is 18.9 Å². The molecule has 0 saturated carbocycles. The molecule has 2 aliphatic heterocycles. The molecular weight excluding hydrogens is 275 g/mol. The molecule has 2 aromatic carbocycles. The summed E-state index contributed by atoms with van der Waals surface area (Å²) in [5.74, 6) is -0.824. The van der Waals surface area contributed by atoms with Gasteiger partial charge in [-0.1, -0.05) is 24.3 Å². The van der Waals surface area contributed by atoms with Crippen molar-refractivity contribution in [2.24, 2.45) is 0 Å². The second-order valence-corrected chi connectivity index (χ2v) is 4.62. The lowest BCUT2D eigenvalue weighted by Crippen LogP contribution is -2.61. The van der Waals surface area contributed by atoms with Crippen molar-refractivity contribution in [3.8, 4) is 11.5 Å². The fourth-order valence-corrected chi connectivity index (χ4v) is 2.32. The second-order valence-electron chi connectivity index (χ2n) is 4.62. The average molecular weight is 283 g/mol. The summed E-state index contributed by atoms with van der Waals surface area (Å²) in [6.07, 6.45) is 0. The van der Waals surface area contributed by atoms with Gasteiger partial charge in [-0.2, -0.15) is 0 Å². The summed E-state index contributed by atoms with van der Waals surface area (Å²) in [5, 5.41) is 0. The summed E-state index contributed by atoms with van der Waals surface area (Å²) in [7, 11) is 0. The first-order chi connectivity index (χ1) is 10.2. The minimum atomic E-state index is -2.97. The quantitative estimate of drug-likeness (QED) is 0.688. The van der Waals surface area contributed by atoms with E-state index in [0.29, 0.717) is 0 Å². The van der Waals surface area contributed by atoms with E-state index in [1.807, 2.05) is 0 Å². The van der Waals surface area contributed by atoms with E-state index in [2.05, 4.69) is 0 Å². The summed E-state index contributed by atoms with van der Waals surface area (Å²) in [5.41, 5.74) is 0.506. The van der Waals surface area contributed by atoms with Crippen LogP contribution in [0.1, 0.15) is 20.7 Å². The molecule has 2 aliphatic rings. The summed E-state index contributed by atoms with van der Waals surface area (Å²) in [4.78, 5) is 24.0. The van der Waals surface area contributed by atoms with E-state index in [9.17, 15) is 9.59 Å². The van der Waals surface area contributed by atoms with E-state index in [0.717, 1.165) is 0 Å². The molecule has 7 heteroatoms. The third kappa shape index (κ3) is 1.74. The summed E-state index contributed by atoms with van der Waals surface area (Å²) >= 11 is 0. The van der Waals surface area contributed by atoms with Gasteiger partial charge < -0.3 is 18.6 Å². The molecule has 0 saturated heterocycles. The molecule has 104 valence electrons. The highest BCUT2D eigenvalue weighted by atomic mass is 16.9. The minimum Gasteiger partial charge on any atom is -0.610 e. The number of hydrogen-bond donors (Lipinski definition) is 0. The molecule has 0 bridgehead atoms. The Balaban J connectivity index is 1.78. The van der Waals surface area contributed by atoms with Gasteiger partial charge in [-0.25, -0.2) is 0 Å². The highest BCUT2D eigenvalue weighted by Gasteiger charge is 2.52. The van der Waals surface area contributed by atoms with Gasteiger partial charge in [-0.15, -0.1) is 0 Å². The Bertz CT molecular complexity index is 706. The van der Waals surface area contributed by atoms with Gasteiger partial charge in [-0.05, 0) is 24.3 Å². The van der Waals surface area contributed by atoms with Gasteiger partial charge in [0.15, 0.2) is 0 Å². The van der Waals surface area contributed by atoms with Crippen LogP contribution in [0.25, 0.3) is 0 Å². The molecule has 0 radical (unpaired) electrons. The van der Waals surface area contributed by atoms with Crippen LogP contribution in [-0.4, -0.2) is 18.9 Å². The maximum absolute atomic E-state index is 12.0. The van der Waals surface area contributed by atoms with Crippen LogP contribution in [0.15, 0.2) is 48.5 Å². The number of carbonyl (C=O) groups excluding carboxylic acids is 2. The lowest BCUT2D eigenvalue weighted by Gasteiger charge is -2.45. The minimum absolute atomic E-state index is 0.251. The molecule has 0 amide bonds. The van der Waals surface area contributed by atoms with Crippen LogP contribution in [-0.2, 0) is 9.31 Å². The maximum Gasteiger partial charge on any atom is 0.781 e. The van der Waals surface area contributed by atoms with Crippen LogP contribution < -0.4 is 9.31 Å². The molecule has 0 aromatic heterocycles. The normalized spacial score (nSPS) is 17.7. The zero-order valence-electron chi connectivity index (χ0n) is 10.6. The monoisotopic (exact) mass is 283 g/mol. The highest BCUT2D eigenvalue weighted by molar-refractivity contribution is 6.61. The summed E-state index contributed by atoms with van der Waals surface area (Å²) in [6.45, 7) is -2.97. The van der Waals surface area contributed by atoms with E-state index < -0.39 is 18.9 Å². The first kappa shape index (κ1) is 11.8. The molecule has 2 aromatic rings. The predicted molar refractivity (Wildman–Crippen MR) is 70.7 cm³/mol. The number of rotatable bonds is 0. The highest BCUT2D eigenvalue weighted by Crippen LogP contribution is 2.35. The van der Waals surface area contributed by atoms with Gasteiger partial charge in [0.2, 0.25) is 0 Å². The van der Waals surface area contributed by atoms with E-state index in [4.69, 9.17) is 18.6 Å². The Morgan fingerprint density at radius 1 is 0.619 bits per heavy atom. The Kier molecular flexibility index (Phi) is 2.27. The molecule has 6 nitrogen and oxygen atoms in total. The number of hydrogen-bond acceptors (Lipinski definition) is 6. The fraction of sp³-hybridized carbons (Fsp3) is 0. The Hall–Kier alpha value is -2.96. The standard InChI is InChI=1S/C14H8BO6/c16-13-9-5-1-3-7-11(9)18-15(20-13)19-12-8-4-2-6-10(12)14(17)21-15/h1-8H/q-1. The van der Waals surface area contributed by atoms with Crippen molar-refractivity contribution < 1.29 is 28.2 Å². The molecule has 0 fully saturated rings. The van der Waals surface area contributed by atoms with Crippen molar-refractivity contribution in [3.05, 3.63) is 59.7 Å². The summed E-state index contributed by atoms with van der Waals surface area (Å²) in [6, 6.07) is 13.0. The largest absolute Gasteiger partial charge is 0.781 e. The fourth-order valence-electron chi connectivity index (χ4n) is 2.32. The molecular formula is C14H8BO6-. The van der Waals surface area contributed by atoms with Gasteiger partial charge in [-0.3, -0.25) is 9.59 Å². The molecule has 0 N–H and O–H groups in total. The molecule has 0 atom stereocenters. The van der Waals surface area contributed by atoms with Gasteiger partial charge in [0.1, 0.15) is 0 Å². The number of para-hydroxylation sites is 2. The molecule has 1 spiro atoms. The molecule has 21 heavy (non-hydrogen) atoms. The predicted octanol–water partition coefficient (Wildman–Crippen LogP) is 1.92. The zero-order valence-corrected chi connectivity index (χ0v) is 10.6. The van der Waals surface area contributed by atoms with E-state index in [1.165, 1.54) is 0 Å². The first-order valence-corrected chi connectivity index (χ1v) is 6.32. The second kappa shape index (κ2) is 4.02. The van der Waals surface area contributed by atoms with Crippen LogP contribution >= 0.6 is 0 Å². The van der Waals surface area contributed by atoms with E-state index >= 15 is 0 Å². The van der Waals surface area contributed by atoms with Crippen molar-refractivity contribution in [1.82, 2.24) is 0 Å². The van der Waals surface area contributed by atoms with Crippen molar-refractivity contribution in [2.75, 3.05) is 0 Å². The molecule has 0 aliphatic carbocycles. The summed E-state index contributed by atoms with van der Waals surface area (Å²) < 4.78 is 21.2. The lowest BCUT2D eigenvalue weighted by atomic mass is 9.96. The van der Waals surface area contributed by atoms with Crippen molar-refractivity contribution >= 4 is 18.9 Å². The number of carbonyl (C=O) groups is 2. The topological polar surface area (TPSA) is 71.1 Å². The van der Waals surface area contributed by atoms with E-state index in [-0.39, 0.29) is 22.6 Å². The Morgan fingerprint density at radius 3 is 1.52 bits per heavy atom. The average Bonchev–Trinajstić information content (AvgIpc) is 2.47. The Labute approximate surface area is 119 Å². The van der Waals surface area contributed by atoms with E-state index in [1.54, 1.807) is 48.5 Å². The van der Waals surface area contributed by atoms with Crippen LogP contribution in [0.5, 0.6) is 11.5 Å². The molecule has 2 heterocycles. The van der Waals surface area contributed by atoms with Gasteiger partial charge in [0.25, 0.3) is 0 Å². The lowest BCUT2D eigenvalue weighted by molar-refractivity contribution is 0.0178. The Morgan fingerprint density at radius 2 is 1.05 bits per heavy atom. The first-order valence-electron chi connectivity index (χ1n) is 6.32. The van der Waals surface area contributed by atoms with Gasteiger partial charge in [0, 0.05) is 0 Å². The van der Waals surface area contributed by atoms with Crippen molar-refractivity contribution in [2.45, 2.75) is 0 Å². The maximum atomic E-state index is 12.0. The van der Waals surface area contributed by atoms with Gasteiger partial charge in [0.05, 0.1) is 22.6 Å². The van der Waals surface area contributed by atoms with Crippen molar-refractivity contribution in [3.63, 3.8) is 0 Å². The van der Waals surface area contributed by atoms with Crippen LogP contribution in [0, 0.1) is 0 Å². The van der Waals surface area contributed by atoms with Crippen LogP contribution in [0.2, 0.25) is 0 Å². The molecule has 4 rings (SSSR count). The number of benzene rings is 2. The third-order valence-electron chi connectivity index (χ3n) is 3.26.